The minimum atomic E-state index is -0.388. The highest BCUT2D eigenvalue weighted by Crippen LogP contribution is 2.37. The smallest absolute Gasteiger partial charge is 0.251 e. The van der Waals surface area contributed by atoms with Gasteiger partial charge in [0.05, 0.1) is 25.1 Å². The molecule has 0 spiro atoms. The predicted molar refractivity (Wildman–Crippen MR) is 142 cm³/mol. The molecular formula is C27H33N7O3. The Bertz CT molecular complexity index is 1290. The Labute approximate surface area is 216 Å². The van der Waals surface area contributed by atoms with Gasteiger partial charge in [-0.15, -0.1) is 0 Å². The van der Waals surface area contributed by atoms with Crippen LogP contribution in [0, 0.1) is 0 Å². The topological polar surface area (TPSA) is 125 Å². The number of methoxy groups -OCH3 is 1. The number of hydrogen-bond acceptors (Lipinski definition) is 9. The summed E-state index contributed by atoms with van der Waals surface area (Å²) in [6, 6.07) is 9.32. The van der Waals surface area contributed by atoms with Crippen LogP contribution >= 0.6 is 0 Å². The van der Waals surface area contributed by atoms with E-state index in [1.54, 1.807) is 37.7 Å². The van der Waals surface area contributed by atoms with Gasteiger partial charge in [0, 0.05) is 47.1 Å². The van der Waals surface area contributed by atoms with E-state index in [-0.39, 0.29) is 24.0 Å². The van der Waals surface area contributed by atoms with Crippen LogP contribution in [0.4, 0.5) is 17.5 Å². The van der Waals surface area contributed by atoms with Crippen molar-refractivity contribution in [1.29, 1.82) is 0 Å². The van der Waals surface area contributed by atoms with Gasteiger partial charge in [0.2, 0.25) is 5.95 Å². The normalized spacial score (nSPS) is 19.7. The molecule has 37 heavy (non-hydrogen) atoms. The minimum Gasteiger partial charge on any atom is -0.495 e. The average Bonchev–Trinajstić information content (AvgIpc) is 3.26. The Balaban J connectivity index is 1.33. The molecular weight excluding hydrogens is 470 g/mol. The maximum absolute atomic E-state index is 12.8. The lowest BCUT2D eigenvalue weighted by Gasteiger charge is -2.29. The van der Waals surface area contributed by atoms with Gasteiger partial charge < -0.3 is 30.7 Å². The van der Waals surface area contributed by atoms with E-state index in [1.165, 1.54) is 0 Å². The first-order chi connectivity index (χ1) is 17.9. The van der Waals surface area contributed by atoms with Crippen LogP contribution in [0.2, 0.25) is 0 Å². The van der Waals surface area contributed by atoms with Crippen molar-refractivity contribution in [1.82, 2.24) is 25.2 Å². The lowest BCUT2D eigenvalue weighted by atomic mass is 9.85. The number of aromatic nitrogens is 3. The Morgan fingerprint density at radius 3 is 2.81 bits per heavy atom. The van der Waals surface area contributed by atoms with E-state index in [4.69, 9.17) is 4.74 Å². The predicted octanol–water partition coefficient (Wildman–Crippen LogP) is 2.79. The number of pyridine rings is 1. The molecule has 2 aromatic heterocycles. The third-order valence-electron chi connectivity index (χ3n) is 7.25. The lowest BCUT2D eigenvalue weighted by molar-refractivity contribution is 0.0916. The molecule has 10 nitrogen and oxygen atoms in total. The summed E-state index contributed by atoms with van der Waals surface area (Å²) in [6.45, 7) is 4.64. The van der Waals surface area contributed by atoms with Crippen molar-refractivity contribution >= 4 is 23.4 Å². The number of aliphatic hydroxyl groups is 1. The number of aliphatic hydroxyl groups excluding tert-OH is 1. The summed E-state index contributed by atoms with van der Waals surface area (Å²) in [6.07, 6.45) is 5.33. The summed E-state index contributed by atoms with van der Waals surface area (Å²) in [5.74, 6) is 1.60. The number of piperidine rings is 1. The number of rotatable bonds is 7. The van der Waals surface area contributed by atoms with Crippen molar-refractivity contribution in [2.45, 2.75) is 31.2 Å². The van der Waals surface area contributed by atoms with Gasteiger partial charge in [-0.1, -0.05) is 6.92 Å². The molecule has 0 bridgehead atoms. The number of carbonyl (C=O) groups excluding carboxylic acids is 1. The summed E-state index contributed by atoms with van der Waals surface area (Å²) in [5.41, 5.74) is 3.31. The molecule has 1 aromatic carbocycles. The summed E-state index contributed by atoms with van der Waals surface area (Å²) in [4.78, 5) is 28.7. The fraction of sp³-hybridized carbons (Fsp3) is 0.407. The van der Waals surface area contributed by atoms with Crippen molar-refractivity contribution in [2.75, 3.05) is 51.0 Å². The Kier molecular flexibility index (Phi) is 6.94. The summed E-state index contributed by atoms with van der Waals surface area (Å²) in [5, 5.41) is 19.5. The highest BCUT2D eigenvalue weighted by molar-refractivity contribution is 5.95. The molecule has 10 heteroatoms. The van der Waals surface area contributed by atoms with Crippen molar-refractivity contribution in [3.8, 4) is 17.0 Å². The van der Waals surface area contributed by atoms with Gasteiger partial charge >= 0.3 is 0 Å². The maximum Gasteiger partial charge on any atom is 0.251 e. The molecule has 1 amide bonds. The van der Waals surface area contributed by atoms with Crippen LogP contribution in [0.25, 0.3) is 11.3 Å². The SMILES string of the molecule is COc1cc(C(=O)NC2CCN(C)CC2)ccc1Nc1nccc(-c2cnc3c(c2)C(C)(CO)CN3)n1. The molecule has 1 unspecified atom stereocenters. The van der Waals surface area contributed by atoms with Gasteiger partial charge in [0.1, 0.15) is 11.6 Å². The molecule has 4 heterocycles. The van der Waals surface area contributed by atoms with Crippen LogP contribution in [-0.4, -0.2) is 77.3 Å². The van der Waals surface area contributed by atoms with Gasteiger partial charge in [-0.3, -0.25) is 4.79 Å². The van der Waals surface area contributed by atoms with Gasteiger partial charge in [0.25, 0.3) is 5.91 Å². The van der Waals surface area contributed by atoms with Gasteiger partial charge in [-0.05, 0) is 63.3 Å². The van der Waals surface area contributed by atoms with Crippen LogP contribution < -0.4 is 20.7 Å². The van der Waals surface area contributed by atoms with Crippen molar-refractivity contribution < 1.29 is 14.6 Å². The summed E-state index contributed by atoms with van der Waals surface area (Å²) < 4.78 is 5.57. The number of likely N-dealkylation sites (tertiary alicyclic amines) is 1. The zero-order valence-corrected chi connectivity index (χ0v) is 21.4. The summed E-state index contributed by atoms with van der Waals surface area (Å²) >= 11 is 0. The van der Waals surface area contributed by atoms with Crippen molar-refractivity contribution in [3.05, 3.63) is 53.9 Å². The maximum atomic E-state index is 12.8. The number of nitrogens with zero attached hydrogens (tertiary/aromatic N) is 4. The lowest BCUT2D eigenvalue weighted by Crippen LogP contribution is -2.43. The molecule has 1 atom stereocenters. The molecule has 0 radical (unpaired) electrons. The number of nitrogens with one attached hydrogen (secondary N) is 3. The van der Waals surface area contributed by atoms with Gasteiger partial charge in [-0.25, -0.2) is 15.0 Å². The molecule has 194 valence electrons. The largest absolute Gasteiger partial charge is 0.495 e. The molecule has 5 rings (SSSR count). The number of ether oxygens (including phenoxy) is 1. The number of hydrogen-bond donors (Lipinski definition) is 4. The number of anilines is 3. The van der Waals surface area contributed by atoms with Crippen LogP contribution in [0.1, 0.15) is 35.7 Å². The highest BCUT2D eigenvalue weighted by Gasteiger charge is 2.35. The third-order valence-corrected chi connectivity index (χ3v) is 7.25. The Morgan fingerprint density at radius 2 is 2.05 bits per heavy atom. The van der Waals surface area contributed by atoms with Gasteiger partial charge in [0.15, 0.2) is 0 Å². The molecule has 3 aromatic rings. The quantitative estimate of drug-likeness (QED) is 0.385. The van der Waals surface area contributed by atoms with Crippen LogP contribution in [-0.2, 0) is 5.41 Å². The van der Waals surface area contributed by atoms with E-state index in [2.05, 4.69) is 42.8 Å². The zero-order chi connectivity index (χ0) is 26.0. The van der Waals surface area contributed by atoms with E-state index < -0.39 is 0 Å². The average molecular weight is 504 g/mol. The molecule has 0 saturated carbocycles. The molecule has 2 aliphatic heterocycles. The molecule has 4 N–H and O–H groups in total. The first kappa shape index (κ1) is 24.9. The number of fused-ring (bicyclic) bond motifs is 1. The molecule has 0 aliphatic carbocycles. The third kappa shape index (κ3) is 5.21. The number of benzene rings is 1. The second-order valence-corrected chi connectivity index (χ2v) is 10.0. The first-order valence-corrected chi connectivity index (χ1v) is 12.5. The van der Waals surface area contributed by atoms with E-state index in [0.717, 1.165) is 42.9 Å². The van der Waals surface area contributed by atoms with Crippen molar-refractivity contribution in [3.63, 3.8) is 0 Å². The van der Waals surface area contributed by atoms with E-state index in [0.29, 0.717) is 35.2 Å². The standard InChI is InChI=1S/C27H33N7O3/c1-27(16-35)15-30-24-20(27)12-18(14-29-24)21-6-9-28-26(32-21)33-22-5-4-17(13-23(22)37-3)25(36)31-19-7-10-34(2)11-8-19/h4-6,9,12-14,19,35H,7-8,10-11,15-16H2,1-3H3,(H,29,30)(H,31,36)(H,28,32,33). The second kappa shape index (κ2) is 10.3. The highest BCUT2D eigenvalue weighted by atomic mass is 16.5. The van der Waals surface area contributed by atoms with Crippen LogP contribution in [0.5, 0.6) is 5.75 Å². The van der Waals surface area contributed by atoms with Gasteiger partial charge in [-0.2, -0.15) is 0 Å². The second-order valence-electron chi connectivity index (χ2n) is 10.0. The molecule has 1 fully saturated rings. The van der Waals surface area contributed by atoms with E-state index >= 15 is 0 Å². The molecule has 1 saturated heterocycles. The van der Waals surface area contributed by atoms with E-state index in [9.17, 15) is 9.90 Å². The van der Waals surface area contributed by atoms with Crippen LogP contribution in [0.3, 0.4) is 0 Å². The number of amides is 1. The first-order valence-electron chi connectivity index (χ1n) is 12.5. The summed E-state index contributed by atoms with van der Waals surface area (Å²) in [7, 11) is 3.67. The Hall–Kier alpha value is -3.76. The fourth-order valence-corrected chi connectivity index (χ4v) is 4.78. The van der Waals surface area contributed by atoms with Crippen LogP contribution in [0.15, 0.2) is 42.7 Å². The number of carbonyl (C=O) groups is 1. The monoisotopic (exact) mass is 503 g/mol. The fourth-order valence-electron chi connectivity index (χ4n) is 4.78. The Morgan fingerprint density at radius 1 is 1.24 bits per heavy atom. The molecule has 2 aliphatic rings. The van der Waals surface area contributed by atoms with Crippen molar-refractivity contribution in [2.24, 2.45) is 0 Å². The zero-order valence-electron chi connectivity index (χ0n) is 21.4. The minimum absolute atomic E-state index is 0.0283. The van der Waals surface area contributed by atoms with E-state index in [1.807, 2.05) is 19.1 Å².